The van der Waals surface area contributed by atoms with Crippen LogP contribution in [0.5, 0.6) is 0 Å². The summed E-state index contributed by atoms with van der Waals surface area (Å²) in [7, 11) is 0. The molecule has 1 heterocycles. The van der Waals surface area contributed by atoms with Crippen molar-refractivity contribution in [3.63, 3.8) is 0 Å². The maximum Gasteiger partial charge on any atom is 0.251 e. The maximum absolute atomic E-state index is 13.1. The molecule has 0 saturated carbocycles. The fraction of sp³-hybridized carbons (Fsp3) is 0.286. The number of aromatic nitrogens is 2. The Morgan fingerprint density at radius 1 is 1.47 bits per heavy atom. The number of imidazole rings is 1. The first kappa shape index (κ1) is 13.3. The van der Waals surface area contributed by atoms with Gasteiger partial charge in [0, 0.05) is 30.9 Å². The second-order valence-electron chi connectivity index (χ2n) is 4.36. The number of halogens is 1. The lowest BCUT2D eigenvalue weighted by Crippen LogP contribution is -2.25. The highest BCUT2D eigenvalue weighted by molar-refractivity contribution is 5.94. The summed E-state index contributed by atoms with van der Waals surface area (Å²) in [6, 6.07) is 4.36. The van der Waals surface area contributed by atoms with E-state index in [-0.39, 0.29) is 11.7 Å². The Kier molecular flexibility index (Phi) is 4.28. The summed E-state index contributed by atoms with van der Waals surface area (Å²) in [6.07, 6.45) is 5.07. The van der Waals surface area contributed by atoms with E-state index in [2.05, 4.69) is 15.3 Å². The van der Waals surface area contributed by atoms with Gasteiger partial charge in [0.25, 0.3) is 5.91 Å². The summed E-state index contributed by atoms with van der Waals surface area (Å²) in [5.74, 6) is 0.434. The maximum atomic E-state index is 13.1. The van der Waals surface area contributed by atoms with E-state index in [9.17, 15) is 9.18 Å². The van der Waals surface area contributed by atoms with Crippen molar-refractivity contribution in [1.29, 1.82) is 0 Å². The van der Waals surface area contributed by atoms with E-state index >= 15 is 0 Å². The van der Waals surface area contributed by atoms with Crippen molar-refractivity contribution in [1.82, 2.24) is 15.3 Å². The van der Waals surface area contributed by atoms with Gasteiger partial charge in [-0.2, -0.15) is 0 Å². The Hall–Kier alpha value is -2.17. The smallest absolute Gasteiger partial charge is 0.251 e. The lowest BCUT2D eigenvalue weighted by atomic mass is 10.1. The number of benzene rings is 1. The Morgan fingerprint density at radius 2 is 2.32 bits per heavy atom. The molecule has 0 fully saturated rings. The third kappa shape index (κ3) is 3.64. The minimum atomic E-state index is -0.297. The number of aromatic amines is 1. The molecular weight excluding hydrogens is 245 g/mol. The molecule has 1 aromatic heterocycles. The molecule has 0 bridgehead atoms. The van der Waals surface area contributed by atoms with E-state index in [0.29, 0.717) is 17.7 Å². The second-order valence-corrected chi connectivity index (χ2v) is 4.36. The molecule has 0 spiro atoms. The number of hydrogen-bond acceptors (Lipinski definition) is 2. The van der Waals surface area contributed by atoms with Crippen LogP contribution in [0.15, 0.2) is 30.6 Å². The molecule has 2 rings (SSSR count). The van der Waals surface area contributed by atoms with E-state index in [0.717, 1.165) is 18.7 Å². The molecule has 2 aromatic rings. The first-order chi connectivity index (χ1) is 9.16. The predicted molar refractivity (Wildman–Crippen MR) is 70.4 cm³/mol. The molecule has 4 nitrogen and oxygen atoms in total. The highest BCUT2D eigenvalue weighted by Gasteiger charge is 2.07. The van der Waals surface area contributed by atoms with Crippen LogP contribution >= 0.6 is 0 Å². The van der Waals surface area contributed by atoms with E-state index in [4.69, 9.17) is 0 Å². The first-order valence-electron chi connectivity index (χ1n) is 6.19. The Bertz CT molecular complexity index is 552. The summed E-state index contributed by atoms with van der Waals surface area (Å²) in [5.41, 5.74) is 0.958. The van der Waals surface area contributed by atoms with Gasteiger partial charge in [0.2, 0.25) is 0 Å². The SMILES string of the molecule is Cc1cc(C(=O)NCCCc2ncc[nH]2)ccc1F. The topological polar surface area (TPSA) is 57.8 Å². The Balaban J connectivity index is 1.79. The number of amides is 1. The highest BCUT2D eigenvalue weighted by atomic mass is 19.1. The fourth-order valence-electron chi connectivity index (χ4n) is 1.78. The van der Waals surface area contributed by atoms with Crippen LogP contribution in [-0.2, 0) is 6.42 Å². The van der Waals surface area contributed by atoms with Crippen molar-refractivity contribution in [2.75, 3.05) is 6.54 Å². The summed E-state index contributed by atoms with van der Waals surface area (Å²) < 4.78 is 13.1. The molecule has 0 aliphatic rings. The number of carbonyl (C=O) groups excluding carboxylic acids is 1. The van der Waals surface area contributed by atoms with E-state index in [1.807, 2.05) is 0 Å². The normalized spacial score (nSPS) is 10.4. The number of nitrogens with zero attached hydrogens (tertiary/aromatic N) is 1. The van der Waals surface area contributed by atoms with Gasteiger partial charge in [-0.25, -0.2) is 9.37 Å². The molecule has 0 saturated heterocycles. The number of hydrogen-bond donors (Lipinski definition) is 2. The van der Waals surface area contributed by atoms with Crippen molar-refractivity contribution >= 4 is 5.91 Å². The van der Waals surface area contributed by atoms with Gasteiger partial charge in [-0.3, -0.25) is 4.79 Å². The highest BCUT2D eigenvalue weighted by Crippen LogP contribution is 2.09. The lowest BCUT2D eigenvalue weighted by molar-refractivity contribution is 0.0953. The van der Waals surface area contributed by atoms with Gasteiger partial charge in [0.15, 0.2) is 0 Å². The summed E-state index contributed by atoms with van der Waals surface area (Å²) in [4.78, 5) is 18.9. The molecule has 0 atom stereocenters. The zero-order chi connectivity index (χ0) is 13.7. The quantitative estimate of drug-likeness (QED) is 0.811. The zero-order valence-corrected chi connectivity index (χ0v) is 10.7. The van der Waals surface area contributed by atoms with Crippen LogP contribution < -0.4 is 5.32 Å². The molecule has 5 heteroatoms. The molecule has 0 aliphatic heterocycles. The molecule has 19 heavy (non-hydrogen) atoms. The second kappa shape index (κ2) is 6.13. The van der Waals surface area contributed by atoms with Crippen LogP contribution in [0.2, 0.25) is 0 Å². The number of nitrogens with one attached hydrogen (secondary N) is 2. The van der Waals surface area contributed by atoms with Crippen molar-refractivity contribution in [3.05, 3.63) is 53.4 Å². The molecule has 2 N–H and O–H groups in total. The van der Waals surface area contributed by atoms with Gasteiger partial charge < -0.3 is 10.3 Å². The monoisotopic (exact) mass is 261 g/mol. The van der Waals surface area contributed by atoms with E-state index in [1.54, 1.807) is 25.4 Å². The molecule has 0 aliphatic carbocycles. The summed E-state index contributed by atoms with van der Waals surface area (Å²) >= 11 is 0. The van der Waals surface area contributed by atoms with Gasteiger partial charge in [-0.15, -0.1) is 0 Å². The molecule has 0 radical (unpaired) electrons. The van der Waals surface area contributed by atoms with Crippen LogP contribution in [0.3, 0.4) is 0 Å². The lowest BCUT2D eigenvalue weighted by Gasteiger charge is -2.05. The van der Waals surface area contributed by atoms with Gasteiger partial charge >= 0.3 is 0 Å². The molecule has 0 unspecified atom stereocenters. The molecule has 1 aromatic carbocycles. The molecule has 1 amide bonds. The third-order valence-electron chi connectivity index (χ3n) is 2.85. The summed E-state index contributed by atoms with van der Waals surface area (Å²) in [6.45, 7) is 2.21. The molecular formula is C14H16FN3O. The molecule has 100 valence electrons. The average Bonchev–Trinajstić information content (AvgIpc) is 2.91. The Morgan fingerprint density at radius 3 is 3.00 bits per heavy atom. The number of H-pyrrole nitrogens is 1. The third-order valence-corrected chi connectivity index (χ3v) is 2.85. The first-order valence-corrected chi connectivity index (χ1v) is 6.19. The van der Waals surface area contributed by atoms with Crippen LogP contribution in [-0.4, -0.2) is 22.4 Å². The number of rotatable bonds is 5. The van der Waals surface area contributed by atoms with Crippen LogP contribution in [0.1, 0.15) is 28.2 Å². The van der Waals surface area contributed by atoms with Gasteiger partial charge in [0.1, 0.15) is 11.6 Å². The zero-order valence-electron chi connectivity index (χ0n) is 10.7. The summed E-state index contributed by atoms with van der Waals surface area (Å²) in [5, 5.41) is 2.81. The Labute approximate surface area is 111 Å². The van der Waals surface area contributed by atoms with Crippen LogP contribution in [0, 0.1) is 12.7 Å². The minimum Gasteiger partial charge on any atom is -0.352 e. The van der Waals surface area contributed by atoms with Crippen LogP contribution in [0.4, 0.5) is 4.39 Å². The number of carbonyl (C=O) groups is 1. The van der Waals surface area contributed by atoms with Gasteiger partial charge in [-0.1, -0.05) is 0 Å². The van der Waals surface area contributed by atoms with E-state index in [1.165, 1.54) is 12.1 Å². The predicted octanol–water partition coefficient (Wildman–Crippen LogP) is 2.22. The minimum absolute atomic E-state index is 0.178. The van der Waals surface area contributed by atoms with Crippen molar-refractivity contribution in [3.8, 4) is 0 Å². The van der Waals surface area contributed by atoms with Gasteiger partial charge in [-0.05, 0) is 37.1 Å². The van der Waals surface area contributed by atoms with Crippen molar-refractivity contribution < 1.29 is 9.18 Å². The van der Waals surface area contributed by atoms with Crippen LogP contribution in [0.25, 0.3) is 0 Å². The standard InChI is InChI=1S/C14H16FN3O/c1-10-9-11(4-5-12(10)15)14(19)18-6-2-3-13-16-7-8-17-13/h4-5,7-9H,2-3,6H2,1H3,(H,16,17)(H,18,19). The largest absolute Gasteiger partial charge is 0.352 e. The number of aryl methyl sites for hydroxylation is 2. The van der Waals surface area contributed by atoms with E-state index < -0.39 is 0 Å². The fourth-order valence-corrected chi connectivity index (χ4v) is 1.78. The van der Waals surface area contributed by atoms with Gasteiger partial charge in [0.05, 0.1) is 0 Å². The van der Waals surface area contributed by atoms with Crippen molar-refractivity contribution in [2.45, 2.75) is 19.8 Å². The average molecular weight is 261 g/mol. The van der Waals surface area contributed by atoms with Crippen molar-refractivity contribution in [2.24, 2.45) is 0 Å².